The number of ether oxygens (including phenoxy) is 2. The van der Waals surface area contributed by atoms with Gasteiger partial charge in [0.1, 0.15) is 6.04 Å². The van der Waals surface area contributed by atoms with E-state index in [1.807, 2.05) is 25.3 Å². The minimum absolute atomic E-state index is 0.338. The minimum atomic E-state index is -0.338. The lowest BCUT2D eigenvalue weighted by atomic mass is 10.1. The van der Waals surface area contributed by atoms with Crippen molar-refractivity contribution in [3.05, 3.63) is 28.7 Å². The molecule has 0 saturated carbocycles. The van der Waals surface area contributed by atoms with Crippen molar-refractivity contribution < 1.29 is 9.47 Å². The maximum atomic E-state index is 10.8. The van der Waals surface area contributed by atoms with Gasteiger partial charge in [0, 0.05) is 5.75 Å². The molecule has 0 radical (unpaired) electrons. The topological polar surface area (TPSA) is 47.9 Å². The van der Waals surface area contributed by atoms with Crippen molar-refractivity contribution in [2.45, 2.75) is 13.0 Å². The predicted molar refractivity (Wildman–Crippen MR) is 71.1 cm³/mol. The Morgan fingerprint density at radius 1 is 1.41 bits per heavy atom. The summed E-state index contributed by atoms with van der Waals surface area (Å²) in [5.41, 5.74) is 0.860. The lowest BCUT2D eigenvalue weighted by Gasteiger charge is -2.13. The van der Waals surface area contributed by atoms with E-state index in [9.17, 15) is 4.91 Å². The zero-order valence-corrected chi connectivity index (χ0v) is 11.1. The highest BCUT2D eigenvalue weighted by molar-refractivity contribution is 7.98. The molecule has 94 valence electrons. The maximum absolute atomic E-state index is 10.8. The molecule has 0 bridgehead atoms. The summed E-state index contributed by atoms with van der Waals surface area (Å²) in [5, 5.41) is 3.14. The molecule has 4 nitrogen and oxygen atoms in total. The van der Waals surface area contributed by atoms with Gasteiger partial charge < -0.3 is 9.47 Å². The van der Waals surface area contributed by atoms with Crippen LogP contribution in [0, 0.1) is 4.91 Å². The lowest BCUT2D eigenvalue weighted by molar-refractivity contribution is 0.310. The molecule has 5 heteroatoms. The largest absolute Gasteiger partial charge is 0.493 e. The Morgan fingerprint density at radius 3 is 2.71 bits per heavy atom. The fourth-order valence-electron chi connectivity index (χ4n) is 1.51. The molecule has 17 heavy (non-hydrogen) atoms. The first-order valence-electron chi connectivity index (χ1n) is 5.38. The maximum Gasteiger partial charge on any atom is 0.161 e. The summed E-state index contributed by atoms with van der Waals surface area (Å²) in [7, 11) is 1.59. The van der Waals surface area contributed by atoms with E-state index in [1.165, 1.54) is 0 Å². The van der Waals surface area contributed by atoms with Crippen molar-refractivity contribution in [2.24, 2.45) is 5.18 Å². The number of hydrogen-bond acceptors (Lipinski definition) is 5. The van der Waals surface area contributed by atoms with Gasteiger partial charge in [-0.15, -0.1) is 0 Å². The van der Waals surface area contributed by atoms with Crippen molar-refractivity contribution in [1.82, 2.24) is 0 Å². The van der Waals surface area contributed by atoms with Gasteiger partial charge in [-0.05, 0) is 30.9 Å². The fraction of sp³-hybridized carbons (Fsp3) is 0.500. The molecule has 0 aromatic heterocycles. The Morgan fingerprint density at radius 2 is 2.18 bits per heavy atom. The zero-order chi connectivity index (χ0) is 12.7. The second-order valence-electron chi connectivity index (χ2n) is 3.42. The first kappa shape index (κ1) is 13.8. The summed E-state index contributed by atoms with van der Waals surface area (Å²) in [6.45, 7) is 2.46. The molecule has 0 spiro atoms. The van der Waals surface area contributed by atoms with Crippen LogP contribution in [-0.4, -0.2) is 25.7 Å². The van der Waals surface area contributed by atoms with Crippen molar-refractivity contribution in [3.63, 3.8) is 0 Å². The van der Waals surface area contributed by atoms with Crippen LogP contribution in [0.1, 0.15) is 18.5 Å². The number of nitrogens with zero attached hydrogens (tertiary/aromatic N) is 1. The summed E-state index contributed by atoms with van der Waals surface area (Å²) in [6.07, 6.45) is 1.95. The zero-order valence-electron chi connectivity index (χ0n) is 10.3. The van der Waals surface area contributed by atoms with Crippen molar-refractivity contribution >= 4 is 11.8 Å². The molecule has 0 aliphatic carbocycles. The molecular formula is C12H17NO3S. The van der Waals surface area contributed by atoms with Gasteiger partial charge in [-0.1, -0.05) is 11.2 Å². The molecule has 0 heterocycles. The summed E-state index contributed by atoms with van der Waals surface area (Å²) in [5.74, 6) is 1.99. The van der Waals surface area contributed by atoms with Crippen LogP contribution in [0.4, 0.5) is 0 Å². The highest BCUT2D eigenvalue weighted by Gasteiger charge is 2.14. The van der Waals surface area contributed by atoms with E-state index in [1.54, 1.807) is 24.9 Å². The predicted octanol–water partition coefficient (Wildman–Crippen LogP) is 3.26. The highest BCUT2D eigenvalue weighted by atomic mass is 32.2. The van der Waals surface area contributed by atoms with E-state index in [0.29, 0.717) is 23.9 Å². The van der Waals surface area contributed by atoms with Gasteiger partial charge in [-0.3, -0.25) is 0 Å². The van der Waals surface area contributed by atoms with Crippen LogP contribution in [0.15, 0.2) is 23.4 Å². The molecule has 0 aliphatic heterocycles. The second-order valence-corrected chi connectivity index (χ2v) is 4.33. The van der Waals surface area contributed by atoms with Gasteiger partial charge in [0.05, 0.1) is 13.7 Å². The van der Waals surface area contributed by atoms with Gasteiger partial charge in [-0.25, -0.2) is 0 Å². The standard InChI is InChI=1S/C12H17NO3S/c1-4-16-12-7-9(5-6-11(12)15-2)10(13-14)8-17-3/h5-7,10H,4,8H2,1-3H3/t10-/m0/s1. The SMILES string of the molecule is CCOc1cc([C@H](CSC)N=O)ccc1OC. The van der Waals surface area contributed by atoms with Crippen LogP contribution in [0.2, 0.25) is 0 Å². The van der Waals surface area contributed by atoms with Crippen LogP contribution in [0.25, 0.3) is 0 Å². The third-order valence-corrected chi connectivity index (χ3v) is 2.97. The summed E-state index contributed by atoms with van der Waals surface area (Å²) >= 11 is 1.59. The molecule has 1 aromatic carbocycles. The lowest BCUT2D eigenvalue weighted by Crippen LogP contribution is -2.01. The monoisotopic (exact) mass is 255 g/mol. The van der Waals surface area contributed by atoms with Gasteiger partial charge in [0.25, 0.3) is 0 Å². The van der Waals surface area contributed by atoms with Crippen molar-refractivity contribution in [1.29, 1.82) is 0 Å². The van der Waals surface area contributed by atoms with Crippen molar-refractivity contribution in [2.75, 3.05) is 25.7 Å². The molecule has 0 N–H and O–H groups in total. The van der Waals surface area contributed by atoms with E-state index in [-0.39, 0.29) is 6.04 Å². The van der Waals surface area contributed by atoms with E-state index < -0.39 is 0 Å². The van der Waals surface area contributed by atoms with E-state index in [2.05, 4.69) is 5.18 Å². The second kappa shape index (κ2) is 7.17. The number of methoxy groups -OCH3 is 1. The van der Waals surface area contributed by atoms with Crippen LogP contribution in [0.3, 0.4) is 0 Å². The fourth-order valence-corrected chi connectivity index (χ4v) is 2.08. The normalized spacial score (nSPS) is 11.9. The molecule has 0 aliphatic rings. The first-order chi connectivity index (χ1) is 8.26. The van der Waals surface area contributed by atoms with Crippen LogP contribution in [0.5, 0.6) is 11.5 Å². The van der Waals surface area contributed by atoms with Gasteiger partial charge in [0.15, 0.2) is 11.5 Å². The van der Waals surface area contributed by atoms with Gasteiger partial charge in [-0.2, -0.15) is 16.7 Å². The number of nitroso groups, excluding NO2 is 1. The number of benzene rings is 1. The molecule has 0 amide bonds. The van der Waals surface area contributed by atoms with Gasteiger partial charge >= 0.3 is 0 Å². The number of hydrogen-bond donors (Lipinski definition) is 0. The van der Waals surface area contributed by atoms with E-state index in [4.69, 9.17) is 9.47 Å². The Bertz CT molecular complexity index is 371. The average Bonchev–Trinajstić information content (AvgIpc) is 2.36. The highest BCUT2D eigenvalue weighted by Crippen LogP contribution is 2.32. The summed E-state index contributed by atoms with van der Waals surface area (Å²) in [4.78, 5) is 10.8. The molecule has 1 aromatic rings. The minimum Gasteiger partial charge on any atom is -0.493 e. The Kier molecular flexibility index (Phi) is 5.83. The smallest absolute Gasteiger partial charge is 0.161 e. The van der Waals surface area contributed by atoms with Crippen LogP contribution >= 0.6 is 11.8 Å². The first-order valence-corrected chi connectivity index (χ1v) is 6.78. The molecule has 1 rings (SSSR count). The van der Waals surface area contributed by atoms with Gasteiger partial charge in [0.2, 0.25) is 0 Å². The quantitative estimate of drug-likeness (QED) is 0.702. The Balaban J connectivity index is 3.00. The van der Waals surface area contributed by atoms with Crippen LogP contribution in [-0.2, 0) is 0 Å². The third-order valence-electron chi connectivity index (χ3n) is 2.32. The van der Waals surface area contributed by atoms with E-state index in [0.717, 1.165) is 5.56 Å². The molecule has 0 unspecified atom stereocenters. The Labute approximate surface area is 106 Å². The summed E-state index contributed by atoms with van der Waals surface area (Å²) < 4.78 is 10.7. The average molecular weight is 255 g/mol. The molecule has 1 atom stereocenters. The van der Waals surface area contributed by atoms with E-state index >= 15 is 0 Å². The third kappa shape index (κ3) is 3.63. The van der Waals surface area contributed by atoms with Crippen molar-refractivity contribution in [3.8, 4) is 11.5 Å². The molecule has 0 fully saturated rings. The molecule has 0 saturated heterocycles. The van der Waals surface area contributed by atoms with Crippen LogP contribution < -0.4 is 9.47 Å². The number of rotatable bonds is 7. The number of thioether (sulfide) groups is 1. The summed E-state index contributed by atoms with van der Waals surface area (Å²) in [6, 6.07) is 5.14. The Hall–Kier alpha value is -1.23. The molecular weight excluding hydrogens is 238 g/mol.